The van der Waals surface area contributed by atoms with E-state index in [1.54, 1.807) is 9.80 Å². The Labute approximate surface area is 184 Å². The molecular formula is C25H32N2O4. The smallest absolute Gasteiger partial charge is 0.260 e. The minimum atomic E-state index is -0.0539. The lowest BCUT2D eigenvalue weighted by molar-refractivity contribution is -0.135. The van der Waals surface area contributed by atoms with Crippen molar-refractivity contribution in [2.75, 3.05) is 39.4 Å². The van der Waals surface area contributed by atoms with Gasteiger partial charge in [-0.1, -0.05) is 24.3 Å². The van der Waals surface area contributed by atoms with Gasteiger partial charge in [-0.2, -0.15) is 0 Å². The molecule has 2 aromatic rings. The zero-order chi connectivity index (χ0) is 22.4. The molecule has 31 heavy (non-hydrogen) atoms. The summed E-state index contributed by atoms with van der Waals surface area (Å²) in [5.41, 5.74) is 4.21. The van der Waals surface area contributed by atoms with Crippen LogP contribution in [0, 0.1) is 27.7 Å². The van der Waals surface area contributed by atoms with Crippen LogP contribution in [0.3, 0.4) is 0 Å². The van der Waals surface area contributed by atoms with E-state index in [2.05, 4.69) is 0 Å². The summed E-state index contributed by atoms with van der Waals surface area (Å²) in [6, 6.07) is 11.9. The number of ether oxygens (including phenoxy) is 2. The lowest BCUT2D eigenvalue weighted by Crippen LogP contribution is -2.40. The number of benzene rings is 2. The second-order valence-electron chi connectivity index (χ2n) is 8.23. The highest BCUT2D eigenvalue weighted by molar-refractivity contribution is 5.79. The number of hydrogen-bond acceptors (Lipinski definition) is 4. The topological polar surface area (TPSA) is 59.1 Å². The molecule has 1 aliphatic rings. The maximum atomic E-state index is 12.6. The van der Waals surface area contributed by atoms with Crippen molar-refractivity contribution in [3.63, 3.8) is 0 Å². The van der Waals surface area contributed by atoms with E-state index in [-0.39, 0.29) is 25.0 Å². The Morgan fingerprint density at radius 2 is 1.13 bits per heavy atom. The second kappa shape index (κ2) is 10.3. The predicted octanol–water partition coefficient (Wildman–Crippen LogP) is 3.44. The highest BCUT2D eigenvalue weighted by atomic mass is 16.5. The van der Waals surface area contributed by atoms with Gasteiger partial charge in [0.05, 0.1) is 0 Å². The molecule has 0 N–H and O–H groups in total. The van der Waals surface area contributed by atoms with E-state index in [0.29, 0.717) is 26.2 Å². The van der Waals surface area contributed by atoms with Gasteiger partial charge in [-0.25, -0.2) is 0 Å². The monoisotopic (exact) mass is 424 g/mol. The summed E-state index contributed by atoms with van der Waals surface area (Å²) in [5, 5.41) is 0. The highest BCUT2D eigenvalue weighted by Gasteiger charge is 2.23. The molecule has 2 amide bonds. The number of carbonyl (C=O) groups excluding carboxylic acids is 2. The normalized spacial score (nSPS) is 14.2. The summed E-state index contributed by atoms with van der Waals surface area (Å²) >= 11 is 0. The van der Waals surface area contributed by atoms with Crippen molar-refractivity contribution < 1.29 is 19.1 Å². The van der Waals surface area contributed by atoms with Crippen molar-refractivity contribution in [3.8, 4) is 11.5 Å². The van der Waals surface area contributed by atoms with Crippen LogP contribution in [-0.2, 0) is 9.59 Å². The lowest BCUT2D eigenvalue weighted by Gasteiger charge is -2.22. The molecule has 3 rings (SSSR count). The number of aryl methyl sites for hydroxylation is 4. The zero-order valence-electron chi connectivity index (χ0n) is 18.9. The van der Waals surface area contributed by atoms with E-state index in [0.717, 1.165) is 40.2 Å². The fourth-order valence-corrected chi connectivity index (χ4v) is 3.60. The van der Waals surface area contributed by atoms with E-state index in [4.69, 9.17) is 9.47 Å². The number of amides is 2. The molecule has 6 heteroatoms. The first-order chi connectivity index (χ1) is 14.8. The van der Waals surface area contributed by atoms with Crippen molar-refractivity contribution in [2.24, 2.45) is 0 Å². The first kappa shape index (κ1) is 22.7. The van der Waals surface area contributed by atoms with Gasteiger partial charge in [-0.3, -0.25) is 9.59 Å². The molecule has 166 valence electrons. The fraction of sp³-hybridized carbons (Fsp3) is 0.440. The van der Waals surface area contributed by atoms with Crippen LogP contribution < -0.4 is 9.47 Å². The van der Waals surface area contributed by atoms with Crippen molar-refractivity contribution >= 4 is 11.8 Å². The number of nitrogens with zero attached hydrogens (tertiary/aromatic N) is 2. The number of hydrogen-bond donors (Lipinski definition) is 0. The maximum absolute atomic E-state index is 12.6. The summed E-state index contributed by atoms with van der Waals surface area (Å²) in [6.45, 7) is 10.2. The molecule has 0 bridgehead atoms. The molecule has 6 nitrogen and oxygen atoms in total. The van der Waals surface area contributed by atoms with Gasteiger partial charge in [0.25, 0.3) is 11.8 Å². The Hall–Kier alpha value is -3.02. The minimum absolute atomic E-state index is 0.00792. The van der Waals surface area contributed by atoms with Crippen LogP contribution in [0.25, 0.3) is 0 Å². The standard InChI is InChI=1S/C25H32N2O4/c1-18-6-8-20(3)22(14-18)30-16-24(28)26-10-5-11-27(13-12-26)25(29)17-31-23-15-19(2)7-9-21(23)4/h6-9,14-15H,5,10-13,16-17H2,1-4H3. The molecule has 1 saturated heterocycles. The fourth-order valence-electron chi connectivity index (χ4n) is 3.60. The van der Waals surface area contributed by atoms with Crippen LogP contribution in [0.5, 0.6) is 11.5 Å². The summed E-state index contributed by atoms with van der Waals surface area (Å²) in [4.78, 5) is 28.9. The summed E-state index contributed by atoms with van der Waals surface area (Å²) in [6.07, 6.45) is 0.741. The van der Waals surface area contributed by atoms with Gasteiger partial charge >= 0.3 is 0 Å². The maximum Gasteiger partial charge on any atom is 0.260 e. The Bertz CT molecular complexity index is 866. The Balaban J connectivity index is 1.48. The van der Waals surface area contributed by atoms with Gasteiger partial charge in [-0.05, 0) is 68.5 Å². The number of rotatable bonds is 6. The van der Waals surface area contributed by atoms with Gasteiger partial charge in [-0.15, -0.1) is 0 Å². The molecule has 1 fully saturated rings. The number of carbonyl (C=O) groups is 2. The van der Waals surface area contributed by atoms with E-state index in [1.165, 1.54) is 0 Å². The van der Waals surface area contributed by atoms with E-state index in [9.17, 15) is 9.59 Å². The minimum Gasteiger partial charge on any atom is -0.483 e. The molecule has 0 saturated carbocycles. The van der Waals surface area contributed by atoms with Crippen LogP contribution in [0.1, 0.15) is 28.7 Å². The molecule has 0 unspecified atom stereocenters. The lowest BCUT2D eigenvalue weighted by atomic mass is 10.1. The van der Waals surface area contributed by atoms with Gasteiger partial charge in [0.15, 0.2) is 13.2 Å². The predicted molar refractivity (Wildman–Crippen MR) is 121 cm³/mol. The largest absolute Gasteiger partial charge is 0.483 e. The van der Waals surface area contributed by atoms with Crippen LogP contribution in [-0.4, -0.2) is 61.0 Å². The summed E-state index contributed by atoms with van der Waals surface area (Å²) < 4.78 is 11.5. The van der Waals surface area contributed by atoms with Crippen molar-refractivity contribution in [2.45, 2.75) is 34.1 Å². The van der Waals surface area contributed by atoms with Gasteiger partial charge in [0, 0.05) is 26.2 Å². The van der Waals surface area contributed by atoms with Crippen LogP contribution >= 0.6 is 0 Å². The SMILES string of the molecule is Cc1ccc(C)c(OCC(=O)N2CCCN(C(=O)COc3cc(C)ccc3C)CC2)c1. The molecule has 0 aliphatic carbocycles. The van der Waals surface area contributed by atoms with Crippen molar-refractivity contribution in [3.05, 3.63) is 58.7 Å². The van der Waals surface area contributed by atoms with Gasteiger partial charge in [0.2, 0.25) is 0 Å². The molecule has 0 radical (unpaired) electrons. The Morgan fingerprint density at radius 1 is 0.710 bits per heavy atom. The van der Waals surface area contributed by atoms with Crippen LogP contribution in [0.2, 0.25) is 0 Å². The third kappa shape index (κ3) is 6.23. The first-order valence-corrected chi connectivity index (χ1v) is 10.8. The Kier molecular flexibility index (Phi) is 7.55. The molecular weight excluding hydrogens is 392 g/mol. The van der Waals surface area contributed by atoms with Gasteiger partial charge < -0.3 is 19.3 Å². The molecule has 2 aromatic carbocycles. The average molecular weight is 425 g/mol. The third-order valence-electron chi connectivity index (χ3n) is 5.59. The highest BCUT2D eigenvalue weighted by Crippen LogP contribution is 2.20. The molecule has 1 aliphatic heterocycles. The van der Waals surface area contributed by atoms with E-state index in [1.807, 2.05) is 64.1 Å². The van der Waals surface area contributed by atoms with Crippen molar-refractivity contribution in [1.82, 2.24) is 9.80 Å². The van der Waals surface area contributed by atoms with Crippen LogP contribution in [0.4, 0.5) is 0 Å². The molecule has 0 spiro atoms. The van der Waals surface area contributed by atoms with E-state index >= 15 is 0 Å². The quantitative estimate of drug-likeness (QED) is 0.713. The first-order valence-electron chi connectivity index (χ1n) is 10.8. The third-order valence-corrected chi connectivity index (χ3v) is 5.59. The molecule has 0 aromatic heterocycles. The zero-order valence-corrected chi connectivity index (χ0v) is 18.9. The van der Waals surface area contributed by atoms with E-state index < -0.39 is 0 Å². The summed E-state index contributed by atoms with van der Waals surface area (Å²) in [5.74, 6) is 1.37. The molecule has 0 atom stereocenters. The summed E-state index contributed by atoms with van der Waals surface area (Å²) in [7, 11) is 0. The van der Waals surface area contributed by atoms with Crippen molar-refractivity contribution in [1.29, 1.82) is 0 Å². The second-order valence-corrected chi connectivity index (χ2v) is 8.23. The molecule has 1 heterocycles. The Morgan fingerprint density at radius 3 is 1.55 bits per heavy atom. The van der Waals surface area contributed by atoms with Gasteiger partial charge in [0.1, 0.15) is 11.5 Å². The average Bonchev–Trinajstić information content (AvgIpc) is 3.01. The van der Waals surface area contributed by atoms with Crippen LogP contribution in [0.15, 0.2) is 36.4 Å².